The van der Waals surface area contributed by atoms with Crippen molar-refractivity contribution in [3.05, 3.63) is 52.7 Å². The van der Waals surface area contributed by atoms with Gasteiger partial charge in [-0.2, -0.15) is 0 Å². The van der Waals surface area contributed by atoms with Crippen molar-refractivity contribution < 1.29 is 9.21 Å². The average Bonchev–Trinajstić information content (AvgIpc) is 2.94. The number of halogens is 1. The first kappa shape index (κ1) is 22.9. The maximum Gasteiger partial charge on any atom is 0.251 e. The summed E-state index contributed by atoms with van der Waals surface area (Å²) in [6.45, 7) is 9.92. The molecule has 1 aromatic heterocycles. The summed E-state index contributed by atoms with van der Waals surface area (Å²) < 4.78 is 5.53. The lowest BCUT2D eigenvalue weighted by atomic mass is 10.1. The monoisotopic (exact) mass is 485 g/mol. The first-order chi connectivity index (χ1) is 12.5. The van der Waals surface area contributed by atoms with Crippen LogP contribution in [0.2, 0.25) is 0 Å². The molecule has 0 unspecified atom stereocenters. The Labute approximate surface area is 177 Å². The van der Waals surface area contributed by atoms with Crippen LogP contribution in [0.1, 0.15) is 40.2 Å². The minimum Gasteiger partial charge on any atom is -0.444 e. The summed E-state index contributed by atoms with van der Waals surface area (Å²) in [5.41, 5.74) is 2.61. The Morgan fingerprint density at radius 2 is 1.89 bits per heavy atom. The van der Waals surface area contributed by atoms with Gasteiger partial charge in [0.25, 0.3) is 5.91 Å². The van der Waals surface area contributed by atoms with Crippen molar-refractivity contribution in [1.82, 2.24) is 20.9 Å². The highest BCUT2D eigenvalue weighted by Crippen LogP contribution is 2.08. The summed E-state index contributed by atoms with van der Waals surface area (Å²) in [6, 6.07) is 7.52. The van der Waals surface area contributed by atoms with Crippen LogP contribution in [-0.4, -0.2) is 36.5 Å². The Balaban J connectivity index is 0.00000364. The average molecular weight is 485 g/mol. The SMILES string of the molecule is CCNC(=NCc1nc(C)c(C)o1)NCCNC(=O)c1cccc(C)c1.I. The van der Waals surface area contributed by atoms with E-state index < -0.39 is 0 Å². The molecule has 7 nitrogen and oxygen atoms in total. The molecular weight excluding hydrogens is 457 g/mol. The van der Waals surface area contributed by atoms with Crippen LogP contribution in [0.15, 0.2) is 33.7 Å². The fourth-order valence-electron chi connectivity index (χ4n) is 2.34. The Kier molecular flexibility index (Phi) is 9.84. The molecule has 8 heteroatoms. The third kappa shape index (κ3) is 7.58. The number of guanidine groups is 1. The number of aryl methyl sites for hydroxylation is 3. The highest BCUT2D eigenvalue weighted by molar-refractivity contribution is 14.0. The summed E-state index contributed by atoms with van der Waals surface area (Å²) in [7, 11) is 0. The van der Waals surface area contributed by atoms with E-state index in [0.717, 1.165) is 23.6 Å². The summed E-state index contributed by atoms with van der Waals surface area (Å²) in [4.78, 5) is 20.9. The standard InChI is InChI=1S/C19H27N5O2.HI/c1-5-20-19(23-12-17-24-14(3)15(4)26-17)22-10-9-21-18(25)16-8-6-7-13(2)11-16;/h6-8,11H,5,9-10,12H2,1-4H3,(H,21,25)(H2,20,22,23);1H. The number of rotatable bonds is 7. The minimum absolute atomic E-state index is 0. The van der Waals surface area contributed by atoms with Crippen molar-refractivity contribution in [3.63, 3.8) is 0 Å². The van der Waals surface area contributed by atoms with Crippen molar-refractivity contribution in [2.24, 2.45) is 4.99 Å². The molecule has 0 bridgehead atoms. The summed E-state index contributed by atoms with van der Waals surface area (Å²) in [5, 5.41) is 9.24. The first-order valence-electron chi connectivity index (χ1n) is 8.79. The summed E-state index contributed by atoms with van der Waals surface area (Å²) >= 11 is 0. The van der Waals surface area contributed by atoms with Crippen LogP contribution in [0.3, 0.4) is 0 Å². The number of aromatic nitrogens is 1. The van der Waals surface area contributed by atoms with Gasteiger partial charge in [0.15, 0.2) is 5.96 Å². The number of amides is 1. The molecule has 0 atom stereocenters. The Morgan fingerprint density at radius 3 is 2.52 bits per heavy atom. The molecule has 0 aliphatic heterocycles. The molecule has 2 aromatic rings. The van der Waals surface area contributed by atoms with Crippen LogP contribution in [0.4, 0.5) is 0 Å². The number of hydrogen-bond donors (Lipinski definition) is 3. The van der Waals surface area contributed by atoms with Crippen molar-refractivity contribution in [2.45, 2.75) is 34.2 Å². The molecule has 1 amide bonds. The quantitative estimate of drug-likeness (QED) is 0.243. The Bertz CT molecular complexity index is 754. The Morgan fingerprint density at radius 1 is 1.15 bits per heavy atom. The molecule has 27 heavy (non-hydrogen) atoms. The number of hydrogen-bond acceptors (Lipinski definition) is 4. The molecular formula is C19H28IN5O2. The van der Waals surface area contributed by atoms with Crippen LogP contribution in [0, 0.1) is 20.8 Å². The molecule has 0 radical (unpaired) electrons. The second kappa shape index (κ2) is 11.6. The van der Waals surface area contributed by atoms with Gasteiger partial charge in [0.1, 0.15) is 12.3 Å². The molecule has 0 fully saturated rings. The minimum atomic E-state index is -0.0804. The van der Waals surface area contributed by atoms with Crippen LogP contribution in [0.25, 0.3) is 0 Å². The fourth-order valence-corrected chi connectivity index (χ4v) is 2.34. The zero-order valence-electron chi connectivity index (χ0n) is 16.3. The van der Waals surface area contributed by atoms with Crippen molar-refractivity contribution >= 4 is 35.8 Å². The number of oxazole rings is 1. The normalized spacial score (nSPS) is 10.9. The zero-order valence-corrected chi connectivity index (χ0v) is 18.6. The molecule has 0 spiro atoms. The predicted molar refractivity (Wildman–Crippen MR) is 118 cm³/mol. The highest BCUT2D eigenvalue weighted by atomic mass is 127. The third-order valence-electron chi connectivity index (χ3n) is 3.77. The van der Waals surface area contributed by atoms with Gasteiger partial charge in [-0.05, 0) is 39.8 Å². The van der Waals surface area contributed by atoms with E-state index in [4.69, 9.17) is 4.42 Å². The van der Waals surface area contributed by atoms with Gasteiger partial charge in [-0.1, -0.05) is 17.7 Å². The van der Waals surface area contributed by atoms with Gasteiger partial charge >= 0.3 is 0 Å². The zero-order chi connectivity index (χ0) is 18.9. The lowest BCUT2D eigenvalue weighted by Crippen LogP contribution is -2.41. The number of carbonyl (C=O) groups is 1. The van der Waals surface area contributed by atoms with E-state index in [1.807, 2.05) is 52.0 Å². The molecule has 0 aliphatic rings. The number of nitrogens with zero attached hydrogens (tertiary/aromatic N) is 2. The number of aliphatic imine (C=N–C) groups is 1. The lowest BCUT2D eigenvalue weighted by molar-refractivity contribution is 0.0954. The molecule has 0 saturated carbocycles. The number of carbonyl (C=O) groups excluding carboxylic acids is 1. The highest BCUT2D eigenvalue weighted by Gasteiger charge is 2.06. The molecule has 148 valence electrons. The van der Waals surface area contributed by atoms with Gasteiger partial charge < -0.3 is 20.4 Å². The number of nitrogens with one attached hydrogen (secondary N) is 3. The number of benzene rings is 1. The topological polar surface area (TPSA) is 91.6 Å². The van der Waals surface area contributed by atoms with Crippen LogP contribution in [-0.2, 0) is 6.54 Å². The maximum atomic E-state index is 12.1. The largest absolute Gasteiger partial charge is 0.444 e. The predicted octanol–water partition coefficient (Wildman–Crippen LogP) is 2.70. The van der Waals surface area contributed by atoms with Gasteiger partial charge in [0, 0.05) is 25.2 Å². The van der Waals surface area contributed by atoms with Gasteiger partial charge in [-0.25, -0.2) is 9.98 Å². The first-order valence-corrected chi connectivity index (χ1v) is 8.79. The van der Waals surface area contributed by atoms with E-state index in [0.29, 0.717) is 37.0 Å². The van der Waals surface area contributed by atoms with Crippen LogP contribution in [0.5, 0.6) is 0 Å². The van der Waals surface area contributed by atoms with Gasteiger partial charge in [-0.3, -0.25) is 4.79 Å². The molecule has 1 aromatic carbocycles. The molecule has 2 rings (SSSR count). The molecule has 0 aliphatic carbocycles. The van der Waals surface area contributed by atoms with Gasteiger partial charge in [-0.15, -0.1) is 24.0 Å². The van der Waals surface area contributed by atoms with Crippen molar-refractivity contribution in [2.75, 3.05) is 19.6 Å². The van der Waals surface area contributed by atoms with E-state index in [9.17, 15) is 4.79 Å². The smallest absolute Gasteiger partial charge is 0.251 e. The second-order valence-corrected chi connectivity index (χ2v) is 6.00. The van der Waals surface area contributed by atoms with E-state index in [2.05, 4.69) is 25.9 Å². The van der Waals surface area contributed by atoms with E-state index in [-0.39, 0.29) is 29.9 Å². The Hall–Kier alpha value is -2.10. The van der Waals surface area contributed by atoms with Crippen molar-refractivity contribution in [1.29, 1.82) is 0 Å². The van der Waals surface area contributed by atoms with E-state index in [1.165, 1.54) is 0 Å². The summed E-state index contributed by atoms with van der Waals surface area (Å²) in [6.07, 6.45) is 0. The van der Waals surface area contributed by atoms with Gasteiger partial charge in [0.05, 0.1) is 5.69 Å². The van der Waals surface area contributed by atoms with Crippen molar-refractivity contribution in [3.8, 4) is 0 Å². The van der Waals surface area contributed by atoms with E-state index in [1.54, 1.807) is 0 Å². The fraction of sp³-hybridized carbons (Fsp3) is 0.421. The molecule has 3 N–H and O–H groups in total. The lowest BCUT2D eigenvalue weighted by Gasteiger charge is -2.11. The van der Waals surface area contributed by atoms with Crippen LogP contribution < -0.4 is 16.0 Å². The summed E-state index contributed by atoms with van der Waals surface area (Å²) in [5.74, 6) is 1.98. The molecule has 0 saturated heterocycles. The van der Waals surface area contributed by atoms with Gasteiger partial charge in [0.2, 0.25) is 5.89 Å². The third-order valence-corrected chi connectivity index (χ3v) is 3.77. The van der Waals surface area contributed by atoms with E-state index >= 15 is 0 Å². The second-order valence-electron chi connectivity index (χ2n) is 6.00. The van der Waals surface area contributed by atoms with Crippen LogP contribution >= 0.6 is 24.0 Å². The molecule has 1 heterocycles. The maximum absolute atomic E-state index is 12.1.